The molecule has 0 aromatic heterocycles. The van der Waals surface area contributed by atoms with E-state index in [0.717, 1.165) is 27.7 Å². The number of rotatable bonds is 7. The van der Waals surface area contributed by atoms with E-state index < -0.39 is 96.8 Å². The van der Waals surface area contributed by atoms with Gasteiger partial charge >= 0.3 is 23.9 Å². The summed E-state index contributed by atoms with van der Waals surface area (Å²) in [5.74, 6) is -4.09. The highest BCUT2D eigenvalue weighted by atomic mass is 16.8. The minimum atomic E-state index is -1.63. The Labute approximate surface area is 211 Å². The van der Waals surface area contributed by atoms with E-state index >= 15 is 0 Å². The van der Waals surface area contributed by atoms with Crippen LogP contribution in [-0.4, -0.2) is 101 Å². The molecule has 14 nitrogen and oxygen atoms in total. The van der Waals surface area contributed by atoms with Crippen LogP contribution in [0.4, 0.5) is 0 Å². The summed E-state index contributed by atoms with van der Waals surface area (Å²) < 4.78 is 44.0. The lowest BCUT2D eigenvalue weighted by atomic mass is 9.80. The molecule has 206 valence electrons. The molecular weight excluding hydrogens is 500 g/mol. The third-order valence-corrected chi connectivity index (χ3v) is 6.69. The second-order valence-corrected chi connectivity index (χ2v) is 9.58. The van der Waals surface area contributed by atoms with Crippen molar-refractivity contribution >= 4 is 23.9 Å². The van der Waals surface area contributed by atoms with Gasteiger partial charge in [-0.1, -0.05) is 0 Å². The van der Waals surface area contributed by atoms with Crippen molar-refractivity contribution in [1.82, 2.24) is 0 Å². The SMILES string of the molecule is CC(=O)OCC1OC(OC2OC=CC3(O)C4OC4C(C)(O)C23)C(OC(C)=O)C(OC(C)=O)C1OC(C)=O. The predicted octanol–water partition coefficient (Wildman–Crippen LogP) is -1.16. The van der Waals surface area contributed by atoms with Crippen molar-refractivity contribution in [3.8, 4) is 0 Å². The lowest BCUT2D eigenvalue weighted by Gasteiger charge is -2.47. The molecule has 0 aromatic rings. The maximum atomic E-state index is 12.0. The first-order valence-electron chi connectivity index (χ1n) is 11.6. The summed E-state index contributed by atoms with van der Waals surface area (Å²) in [5.41, 5.74) is -3.21. The average molecular weight is 530 g/mol. The molecule has 2 saturated heterocycles. The van der Waals surface area contributed by atoms with Gasteiger partial charge in [-0.2, -0.15) is 0 Å². The van der Waals surface area contributed by atoms with Gasteiger partial charge < -0.3 is 48.1 Å². The lowest BCUT2D eigenvalue weighted by Crippen LogP contribution is -2.64. The van der Waals surface area contributed by atoms with Crippen LogP contribution in [0.25, 0.3) is 0 Å². The molecule has 4 aliphatic rings. The number of esters is 4. The molecule has 3 heterocycles. The Hall–Kier alpha value is -2.78. The topological polar surface area (TPSA) is 186 Å². The molecule has 3 fully saturated rings. The van der Waals surface area contributed by atoms with Crippen molar-refractivity contribution in [2.45, 2.75) is 95.0 Å². The van der Waals surface area contributed by atoms with Crippen LogP contribution in [0.1, 0.15) is 34.6 Å². The third kappa shape index (κ3) is 5.16. The maximum Gasteiger partial charge on any atom is 0.303 e. The predicted molar refractivity (Wildman–Crippen MR) is 115 cm³/mol. The van der Waals surface area contributed by atoms with Crippen LogP contribution in [0.5, 0.6) is 0 Å². The molecule has 0 bridgehead atoms. The summed E-state index contributed by atoms with van der Waals surface area (Å²) in [6.45, 7) is 5.48. The van der Waals surface area contributed by atoms with Gasteiger partial charge in [0.2, 0.25) is 12.6 Å². The van der Waals surface area contributed by atoms with Crippen molar-refractivity contribution < 1.29 is 67.3 Å². The molecule has 1 aliphatic carbocycles. The average Bonchev–Trinajstić information content (AvgIpc) is 3.55. The zero-order valence-corrected chi connectivity index (χ0v) is 20.9. The van der Waals surface area contributed by atoms with E-state index in [9.17, 15) is 29.4 Å². The van der Waals surface area contributed by atoms with Gasteiger partial charge in [-0.3, -0.25) is 19.2 Å². The lowest BCUT2D eigenvalue weighted by molar-refractivity contribution is -0.355. The van der Waals surface area contributed by atoms with Crippen molar-refractivity contribution in [2.24, 2.45) is 5.92 Å². The van der Waals surface area contributed by atoms with Crippen LogP contribution in [0.2, 0.25) is 0 Å². The zero-order chi connectivity index (χ0) is 27.3. The molecule has 0 spiro atoms. The number of carbonyl (C=O) groups excluding carboxylic acids is 4. The second-order valence-electron chi connectivity index (χ2n) is 9.58. The Kier molecular flexibility index (Phi) is 7.25. The fourth-order valence-electron chi connectivity index (χ4n) is 5.27. The normalized spacial score (nSPS) is 43.5. The molecule has 14 heteroatoms. The van der Waals surface area contributed by atoms with Crippen LogP contribution in [0, 0.1) is 5.92 Å². The van der Waals surface area contributed by atoms with E-state index in [1.165, 1.54) is 19.3 Å². The van der Waals surface area contributed by atoms with E-state index in [-0.39, 0.29) is 0 Å². The molecule has 0 amide bonds. The van der Waals surface area contributed by atoms with Gasteiger partial charge in [-0.05, 0) is 13.0 Å². The Morgan fingerprint density at radius 1 is 0.811 bits per heavy atom. The Morgan fingerprint density at radius 2 is 1.41 bits per heavy atom. The monoisotopic (exact) mass is 530 g/mol. The second kappa shape index (κ2) is 9.83. The van der Waals surface area contributed by atoms with Gasteiger partial charge in [0.25, 0.3) is 0 Å². The molecule has 1 saturated carbocycles. The van der Waals surface area contributed by atoms with Gasteiger partial charge in [0, 0.05) is 27.7 Å². The van der Waals surface area contributed by atoms with Crippen molar-refractivity contribution in [3.05, 3.63) is 12.3 Å². The first kappa shape index (κ1) is 27.3. The van der Waals surface area contributed by atoms with Gasteiger partial charge in [-0.25, -0.2) is 0 Å². The number of aliphatic hydroxyl groups is 2. The smallest absolute Gasteiger partial charge is 0.303 e. The van der Waals surface area contributed by atoms with Crippen molar-refractivity contribution in [3.63, 3.8) is 0 Å². The Balaban J connectivity index is 1.67. The van der Waals surface area contributed by atoms with E-state index in [4.69, 9.17) is 37.9 Å². The molecule has 37 heavy (non-hydrogen) atoms. The first-order valence-corrected chi connectivity index (χ1v) is 11.6. The van der Waals surface area contributed by atoms with E-state index in [1.54, 1.807) is 0 Å². The van der Waals surface area contributed by atoms with Gasteiger partial charge in [0.05, 0.1) is 12.2 Å². The molecule has 11 atom stereocenters. The van der Waals surface area contributed by atoms with Gasteiger partial charge in [-0.15, -0.1) is 0 Å². The summed E-state index contributed by atoms with van der Waals surface area (Å²) in [6.07, 6.45) is -7.22. The highest BCUT2D eigenvalue weighted by molar-refractivity contribution is 5.68. The number of carbonyl (C=O) groups is 4. The number of hydrogen-bond acceptors (Lipinski definition) is 14. The minimum Gasteiger partial charge on any atom is -0.472 e. The molecule has 4 rings (SSSR count). The fourth-order valence-corrected chi connectivity index (χ4v) is 5.27. The Morgan fingerprint density at radius 3 is 2.00 bits per heavy atom. The highest BCUT2D eigenvalue weighted by Crippen LogP contribution is 2.59. The molecule has 0 aromatic carbocycles. The largest absolute Gasteiger partial charge is 0.472 e. The molecule has 2 N–H and O–H groups in total. The number of ether oxygens (including phenoxy) is 8. The summed E-state index contributed by atoms with van der Waals surface area (Å²) in [4.78, 5) is 47.3. The van der Waals surface area contributed by atoms with Crippen LogP contribution in [0.15, 0.2) is 12.3 Å². The van der Waals surface area contributed by atoms with Crippen LogP contribution >= 0.6 is 0 Å². The fraction of sp³-hybridized carbons (Fsp3) is 0.739. The minimum absolute atomic E-state index is 0.438. The number of fused-ring (bicyclic) bond motifs is 3. The Bertz CT molecular complexity index is 976. The third-order valence-electron chi connectivity index (χ3n) is 6.69. The summed E-state index contributed by atoms with van der Waals surface area (Å²) >= 11 is 0. The molecule has 3 aliphatic heterocycles. The number of epoxide rings is 1. The number of hydrogen-bond donors (Lipinski definition) is 2. The van der Waals surface area contributed by atoms with E-state index in [1.807, 2.05) is 0 Å². The highest BCUT2D eigenvalue weighted by Gasteiger charge is 2.77. The summed E-state index contributed by atoms with van der Waals surface area (Å²) in [7, 11) is 0. The first-order chi connectivity index (χ1) is 17.3. The molecular formula is C23H30O14. The van der Waals surface area contributed by atoms with Crippen molar-refractivity contribution in [2.75, 3.05) is 6.61 Å². The summed E-state index contributed by atoms with van der Waals surface area (Å²) in [6, 6.07) is 0. The summed E-state index contributed by atoms with van der Waals surface area (Å²) in [5, 5.41) is 22.3. The molecule has 0 radical (unpaired) electrons. The van der Waals surface area contributed by atoms with E-state index in [0.29, 0.717) is 0 Å². The standard InChI is InChI=1S/C23H30O14/c1-9(24)31-8-13-14(32-10(2)25)15(33-11(3)26)16(34-12(4)27)20(35-13)37-21-17-22(5,28)18-19(36-18)23(17,29)6-7-30-21/h6-7,13-21,28-29H,8H2,1-5H3. The van der Waals surface area contributed by atoms with Crippen LogP contribution in [-0.2, 0) is 57.1 Å². The molecule has 11 unspecified atom stereocenters. The quantitative estimate of drug-likeness (QED) is 0.228. The van der Waals surface area contributed by atoms with Gasteiger partial charge in [0.15, 0.2) is 18.3 Å². The maximum absolute atomic E-state index is 12.0. The zero-order valence-electron chi connectivity index (χ0n) is 20.9. The van der Waals surface area contributed by atoms with Crippen molar-refractivity contribution in [1.29, 1.82) is 0 Å². The van der Waals surface area contributed by atoms with Crippen LogP contribution < -0.4 is 0 Å². The van der Waals surface area contributed by atoms with Crippen LogP contribution in [0.3, 0.4) is 0 Å². The van der Waals surface area contributed by atoms with E-state index in [2.05, 4.69) is 0 Å². The van der Waals surface area contributed by atoms with Gasteiger partial charge in [0.1, 0.15) is 36.1 Å².